The molecule has 104 valence electrons. The van der Waals surface area contributed by atoms with Gasteiger partial charge in [0.15, 0.2) is 0 Å². The van der Waals surface area contributed by atoms with Crippen molar-refractivity contribution in [2.24, 2.45) is 0 Å². The maximum atomic E-state index is 2.74. The molecule has 0 N–H and O–H groups in total. The second kappa shape index (κ2) is 5.54. The Balaban J connectivity index is 1.85. The molecule has 0 amide bonds. The Labute approximate surface area is 117 Å². The first-order chi connectivity index (χ1) is 9.29. The van der Waals surface area contributed by atoms with Gasteiger partial charge in [-0.25, -0.2) is 0 Å². The van der Waals surface area contributed by atoms with Crippen LogP contribution >= 0.6 is 0 Å². The zero-order valence-electron chi connectivity index (χ0n) is 12.3. The van der Waals surface area contributed by atoms with Crippen LogP contribution in [0, 0.1) is 6.92 Å². The topological polar surface area (TPSA) is 6.48 Å². The van der Waals surface area contributed by atoms with Crippen molar-refractivity contribution in [3.8, 4) is 0 Å². The van der Waals surface area contributed by atoms with Crippen molar-refractivity contribution in [1.82, 2.24) is 4.90 Å². The number of anilines is 1. The number of hydrogen-bond acceptors (Lipinski definition) is 2. The third-order valence-electron chi connectivity index (χ3n) is 4.94. The van der Waals surface area contributed by atoms with Gasteiger partial charge in [-0.1, -0.05) is 31.5 Å². The lowest BCUT2D eigenvalue weighted by molar-refractivity contribution is 0.111. The fraction of sp³-hybridized carbons (Fsp3) is 0.647. The number of nitrogens with zero attached hydrogens (tertiary/aromatic N) is 2. The van der Waals surface area contributed by atoms with Crippen LogP contribution in [-0.4, -0.2) is 36.6 Å². The van der Waals surface area contributed by atoms with Crippen molar-refractivity contribution < 1.29 is 0 Å². The smallest absolute Gasteiger partial charge is 0.0415 e. The van der Waals surface area contributed by atoms with Crippen LogP contribution in [0.15, 0.2) is 24.3 Å². The van der Waals surface area contributed by atoms with Gasteiger partial charge in [-0.3, -0.25) is 4.90 Å². The van der Waals surface area contributed by atoms with Gasteiger partial charge < -0.3 is 4.90 Å². The fourth-order valence-electron chi connectivity index (χ4n) is 3.78. The van der Waals surface area contributed by atoms with Gasteiger partial charge in [-0.05, 0) is 44.4 Å². The number of benzene rings is 1. The highest BCUT2D eigenvalue weighted by Gasteiger charge is 2.34. The molecule has 2 nitrogen and oxygen atoms in total. The molecule has 2 unspecified atom stereocenters. The molecule has 0 bridgehead atoms. The monoisotopic (exact) mass is 258 g/mol. The molecule has 2 heteroatoms. The lowest BCUT2D eigenvalue weighted by Crippen LogP contribution is -2.59. The van der Waals surface area contributed by atoms with Crippen LogP contribution in [0.4, 0.5) is 5.69 Å². The molecule has 0 saturated carbocycles. The van der Waals surface area contributed by atoms with Crippen molar-refractivity contribution in [2.75, 3.05) is 24.5 Å². The third-order valence-corrected chi connectivity index (χ3v) is 4.94. The first kappa shape index (κ1) is 13.0. The average Bonchev–Trinajstić information content (AvgIpc) is 2.46. The normalized spacial score (nSPS) is 28.2. The van der Waals surface area contributed by atoms with Crippen LogP contribution < -0.4 is 4.90 Å². The van der Waals surface area contributed by atoms with Gasteiger partial charge in [-0.2, -0.15) is 0 Å². The minimum atomic E-state index is 0.690. The van der Waals surface area contributed by atoms with Crippen LogP contribution in [0.3, 0.4) is 0 Å². The predicted molar refractivity (Wildman–Crippen MR) is 81.8 cm³/mol. The van der Waals surface area contributed by atoms with E-state index in [4.69, 9.17) is 0 Å². The van der Waals surface area contributed by atoms with Crippen LogP contribution in [0.5, 0.6) is 0 Å². The van der Waals surface area contributed by atoms with Crippen molar-refractivity contribution >= 4 is 5.69 Å². The number of rotatable bonds is 2. The van der Waals surface area contributed by atoms with Gasteiger partial charge in [0.2, 0.25) is 0 Å². The number of piperidine rings is 1. The highest BCUT2D eigenvalue weighted by Crippen LogP contribution is 2.30. The minimum Gasteiger partial charge on any atom is -0.365 e. The van der Waals surface area contributed by atoms with Gasteiger partial charge in [0, 0.05) is 30.9 Å². The Morgan fingerprint density at radius 2 is 2.00 bits per heavy atom. The molecule has 2 atom stereocenters. The lowest BCUT2D eigenvalue weighted by Gasteiger charge is -2.49. The van der Waals surface area contributed by atoms with Crippen molar-refractivity contribution in [3.63, 3.8) is 0 Å². The van der Waals surface area contributed by atoms with E-state index in [1.54, 1.807) is 0 Å². The second-order valence-electron chi connectivity index (χ2n) is 6.15. The van der Waals surface area contributed by atoms with E-state index in [2.05, 4.69) is 47.9 Å². The number of fused-ring (bicyclic) bond motifs is 1. The maximum absolute atomic E-state index is 2.74. The third kappa shape index (κ3) is 2.51. The molecule has 0 radical (unpaired) electrons. The summed E-state index contributed by atoms with van der Waals surface area (Å²) in [5, 5.41) is 0. The molecular formula is C17H26N2. The maximum Gasteiger partial charge on any atom is 0.0415 e. The van der Waals surface area contributed by atoms with E-state index in [0.29, 0.717) is 6.04 Å². The zero-order valence-corrected chi connectivity index (χ0v) is 12.3. The molecule has 2 aliphatic heterocycles. The molecular weight excluding hydrogens is 232 g/mol. The summed E-state index contributed by atoms with van der Waals surface area (Å²) in [4.78, 5) is 5.42. The van der Waals surface area contributed by atoms with Crippen molar-refractivity contribution in [1.29, 1.82) is 0 Å². The molecule has 0 spiro atoms. The molecule has 3 rings (SSSR count). The molecule has 2 fully saturated rings. The van der Waals surface area contributed by atoms with E-state index >= 15 is 0 Å². The Hall–Kier alpha value is -1.02. The van der Waals surface area contributed by atoms with Gasteiger partial charge in [-0.15, -0.1) is 0 Å². The first-order valence-electron chi connectivity index (χ1n) is 7.86. The fourth-order valence-corrected chi connectivity index (χ4v) is 3.78. The van der Waals surface area contributed by atoms with Crippen LogP contribution in [0.1, 0.15) is 38.2 Å². The van der Waals surface area contributed by atoms with Crippen molar-refractivity contribution in [3.05, 3.63) is 29.8 Å². The van der Waals surface area contributed by atoms with Gasteiger partial charge in [0.1, 0.15) is 0 Å². The summed E-state index contributed by atoms with van der Waals surface area (Å²) in [6.07, 6.45) is 5.45. The summed E-state index contributed by atoms with van der Waals surface area (Å²) in [5.41, 5.74) is 2.88. The van der Waals surface area contributed by atoms with E-state index in [-0.39, 0.29) is 0 Å². The van der Waals surface area contributed by atoms with Crippen molar-refractivity contribution in [2.45, 2.75) is 51.6 Å². The average molecular weight is 258 g/mol. The number of piperazine rings is 1. The van der Waals surface area contributed by atoms with Crippen LogP contribution in [0.25, 0.3) is 0 Å². The zero-order chi connectivity index (χ0) is 13.2. The molecule has 2 heterocycles. The summed E-state index contributed by atoms with van der Waals surface area (Å²) in [6.45, 7) is 8.39. The summed E-state index contributed by atoms with van der Waals surface area (Å²) in [7, 11) is 0. The number of para-hydroxylation sites is 1. The van der Waals surface area contributed by atoms with Crippen LogP contribution in [0.2, 0.25) is 0 Å². The summed E-state index contributed by atoms with van der Waals surface area (Å²) < 4.78 is 0. The van der Waals surface area contributed by atoms with E-state index in [0.717, 1.165) is 6.04 Å². The Bertz CT molecular complexity index is 429. The van der Waals surface area contributed by atoms with Crippen LogP contribution in [-0.2, 0) is 0 Å². The Morgan fingerprint density at radius 3 is 2.79 bits per heavy atom. The van der Waals surface area contributed by atoms with E-state index in [9.17, 15) is 0 Å². The quantitative estimate of drug-likeness (QED) is 0.801. The molecule has 19 heavy (non-hydrogen) atoms. The van der Waals surface area contributed by atoms with Gasteiger partial charge in [0.25, 0.3) is 0 Å². The highest BCUT2D eigenvalue weighted by atomic mass is 15.3. The lowest BCUT2D eigenvalue weighted by atomic mass is 9.95. The van der Waals surface area contributed by atoms with Gasteiger partial charge in [0.05, 0.1) is 0 Å². The van der Waals surface area contributed by atoms with E-state index < -0.39 is 0 Å². The summed E-state index contributed by atoms with van der Waals surface area (Å²) in [5.74, 6) is 0. The Morgan fingerprint density at radius 1 is 1.16 bits per heavy atom. The highest BCUT2D eigenvalue weighted by molar-refractivity contribution is 5.54. The SMILES string of the molecule is CCC1CN2CCCCC2CN1c1ccccc1C. The standard InChI is InChI=1S/C17H26N2/c1-3-15-12-18-11-7-6-9-16(18)13-19(15)17-10-5-4-8-14(17)2/h4-5,8,10,15-16H,3,6-7,9,11-13H2,1-2H3. The van der Waals surface area contributed by atoms with E-state index in [1.165, 1.54) is 56.6 Å². The number of aryl methyl sites for hydroxylation is 1. The summed E-state index contributed by atoms with van der Waals surface area (Å²) >= 11 is 0. The molecule has 2 aliphatic rings. The minimum absolute atomic E-state index is 0.690. The Kier molecular flexibility index (Phi) is 3.79. The largest absolute Gasteiger partial charge is 0.365 e. The molecule has 1 aromatic carbocycles. The number of hydrogen-bond donors (Lipinski definition) is 0. The molecule has 0 aliphatic carbocycles. The second-order valence-corrected chi connectivity index (χ2v) is 6.15. The first-order valence-corrected chi connectivity index (χ1v) is 7.86. The van der Waals surface area contributed by atoms with E-state index in [1.807, 2.05) is 0 Å². The molecule has 2 saturated heterocycles. The molecule has 0 aromatic heterocycles. The molecule has 1 aromatic rings. The summed E-state index contributed by atoms with van der Waals surface area (Å²) in [6, 6.07) is 10.4. The van der Waals surface area contributed by atoms with Gasteiger partial charge >= 0.3 is 0 Å². The predicted octanol–water partition coefficient (Wildman–Crippen LogP) is 3.45.